The number of phenols is 2. The highest BCUT2D eigenvalue weighted by molar-refractivity contribution is 7.58. The average molecular weight is 711 g/mol. The van der Waals surface area contributed by atoms with Crippen molar-refractivity contribution >= 4 is 15.2 Å². The van der Waals surface area contributed by atoms with E-state index in [0.717, 1.165) is 0 Å². The van der Waals surface area contributed by atoms with Crippen LogP contribution in [0.2, 0.25) is 0 Å². The molecule has 0 aliphatic heterocycles. The molecule has 0 heterocycles. The van der Waals surface area contributed by atoms with Gasteiger partial charge in [0.2, 0.25) is 0 Å². The fourth-order valence-electron chi connectivity index (χ4n) is 6.13. The lowest BCUT2D eigenvalue weighted by molar-refractivity contribution is 0.194. The zero-order valence-electron chi connectivity index (χ0n) is 32.5. The Kier molecular flexibility index (Phi) is 13.5. The molecule has 2 rings (SSSR count). The van der Waals surface area contributed by atoms with E-state index < -0.39 is 48.2 Å². The maximum Gasteiger partial charge on any atom is 0.339 e. The summed E-state index contributed by atoms with van der Waals surface area (Å²) < 4.78 is 55.4. The second kappa shape index (κ2) is 15.3. The number of phenolic OH excluding ortho intramolecular Hbond substituents is 2. The number of benzene rings is 2. The highest BCUT2D eigenvalue weighted by atomic mass is 31.2. The van der Waals surface area contributed by atoms with Gasteiger partial charge in [0, 0.05) is 0 Å². The van der Waals surface area contributed by atoms with Gasteiger partial charge in [-0.1, -0.05) is 107 Å². The number of aromatic hydroxyl groups is 2. The maximum atomic E-state index is 15.4. The van der Waals surface area contributed by atoms with Crippen LogP contribution in [0.4, 0.5) is 0 Å². The van der Waals surface area contributed by atoms with Gasteiger partial charge in [-0.2, -0.15) is 0 Å². The summed E-state index contributed by atoms with van der Waals surface area (Å²) in [4.78, 5) is 0. The molecule has 2 aromatic carbocycles. The number of rotatable bonds is 13. The van der Waals surface area contributed by atoms with Crippen molar-refractivity contribution in [1.29, 1.82) is 0 Å². The first-order chi connectivity index (χ1) is 21.7. The lowest BCUT2D eigenvalue weighted by Gasteiger charge is -2.39. The summed E-state index contributed by atoms with van der Waals surface area (Å²) in [5.74, 6) is 0.313. The van der Waals surface area contributed by atoms with E-state index in [1.54, 1.807) is 27.7 Å². The first kappa shape index (κ1) is 42.5. The zero-order valence-corrected chi connectivity index (χ0v) is 34.3. The van der Waals surface area contributed by atoms with Gasteiger partial charge in [0.1, 0.15) is 22.8 Å². The highest BCUT2D eigenvalue weighted by Crippen LogP contribution is 2.77. The molecule has 0 aliphatic carbocycles. The van der Waals surface area contributed by atoms with Crippen LogP contribution in [0.25, 0.3) is 0 Å². The molecule has 8 nitrogen and oxygen atoms in total. The minimum atomic E-state index is -4.18. The zero-order chi connectivity index (χ0) is 37.3. The van der Waals surface area contributed by atoms with E-state index in [0.29, 0.717) is 33.4 Å². The van der Waals surface area contributed by atoms with E-state index >= 15 is 9.13 Å². The summed E-state index contributed by atoms with van der Waals surface area (Å²) in [6, 6.07) is 7.35. The molecule has 0 fully saturated rings. The van der Waals surface area contributed by atoms with Gasteiger partial charge in [0.25, 0.3) is 0 Å². The molecule has 274 valence electrons. The van der Waals surface area contributed by atoms with E-state index in [4.69, 9.17) is 18.1 Å². The molecule has 2 atom stereocenters. The molecule has 2 aromatic rings. The van der Waals surface area contributed by atoms with Crippen LogP contribution in [-0.4, -0.2) is 36.6 Å². The van der Waals surface area contributed by atoms with E-state index in [2.05, 4.69) is 0 Å². The lowest BCUT2D eigenvalue weighted by atomic mass is 9.77. The minimum absolute atomic E-state index is 0.0699. The van der Waals surface area contributed by atoms with Crippen molar-refractivity contribution in [3.05, 3.63) is 57.6 Å². The van der Waals surface area contributed by atoms with E-state index in [1.165, 1.54) is 0 Å². The van der Waals surface area contributed by atoms with Gasteiger partial charge in [-0.05, 0) is 82.7 Å². The van der Waals surface area contributed by atoms with E-state index in [9.17, 15) is 10.2 Å². The number of hydrogen-bond acceptors (Lipinski definition) is 8. The lowest BCUT2D eigenvalue weighted by Crippen LogP contribution is -2.23. The molecule has 48 heavy (non-hydrogen) atoms. The first-order valence-electron chi connectivity index (χ1n) is 17.3. The van der Waals surface area contributed by atoms with Gasteiger partial charge in [-0.3, -0.25) is 9.13 Å². The molecule has 0 saturated heterocycles. The largest absolute Gasteiger partial charge is 0.507 e. The Morgan fingerprint density at radius 1 is 0.479 bits per heavy atom. The van der Waals surface area contributed by atoms with Crippen molar-refractivity contribution < 1.29 is 37.4 Å². The molecule has 0 spiro atoms. The van der Waals surface area contributed by atoms with Crippen molar-refractivity contribution in [3.63, 3.8) is 0 Å². The molecule has 2 N–H and O–H groups in total. The predicted octanol–water partition coefficient (Wildman–Crippen LogP) is 11.6. The Morgan fingerprint density at radius 2 is 0.667 bits per heavy atom. The molecule has 0 aliphatic rings. The molecule has 0 aromatic heterocycles. The highest BCUT2D eigenvalue weighted by Gasteiger charge is 2.53. The Bertz CT molecular complexity index is 1300. The third-order valence-electron chi connectivity index (χ3n) is 8.40. The molecule has 0 bridgehead atoms. The quantitative estimate of drug-likeness (QED) is 0.198. The Morgan fingerprint density at radius 3 is 0.812 bits per heavy atom. The molecule has 0 radical (unpaired) electrons. The standard InChI is InChI=1S/C38H64O8P2/c1-17-43-47(41,44-18-2)33(25-21-27(35(5,6)7)31(39)28(22-25)36(8,9)10)34(48(42,45-19-3)46-20-4)26-23-29(37(11,12)13)32(40)30(24-26)38(14,15)16/h21-24,33-34,39-40H,17-20H2,1-16H3/t33-,34+. The third-order valence-corrected chi connectivity index (χ3v) is 13.7. The van der Waals surface area contributed by atoms with Crippen LogP contribution in [0, 0.1) is 0 Å². The van der Waals surface area contributed by atoms with Gasteiger partial charge >= 0.3 is 15.2 Å². The van der Waals surface area contributed by atoms with Gasteiger partial charge in [0.15, 0.2) is 0 Å². The van der Waals surface area contributed by atoms with Crippen LogP contribution < -0.4 is 0 Å². The van der Waals surface area contributed by atoms with Gasteiger partial charge in [-0.15, -0.1) is 0 Å². The normalized spacial score (nSPS) is 15.1. The Balaban J connectivity index is 3.45. The molecular formula is C38H64O8P2. The molecule has 0 amide bonds. The minimum Gasteiger partial charge on any atom is -0.507 e. The van der Waals surface area contributed by atoms with Gasteiger partial charge < -0.3 is 28.3 Å². The molecule has 0 unspecified atom stereocenters. The van der Waals surface area contributed by atoms with Gasteiger partial charge in [0.05, 0.1) is 26.4 Å². The smallest absolute Gasteiger partial charge is 0.339 e. The topological polar surface area (TPSA) is 112 Å². The van der Waals surface area contributed by atoms with Crippen LogP contribution in [-0.2, 0) is 48.9 Å². The summed E-state index contributed by atoms with van der Waals surface area (Å²) in [6.07, 6.45) is 0. The molecule has 0 saturated carbocycles. The van der Waals surface area contributed by atoms with E-state index in [-0.39, 0.29) is 37.9 Å². The predicted molar refractivity (Wildman–Crippen MR) is 198 cm³/mol. The summed E-state index contributed by atoms with van der Waals surface area (Å²) >= 11 is 0. The first-order valence-corrected chi connectivity index (χ1v) is 20.5. The number of hydrogen-bond donors (Lipinski definition) is 2. The SMILES string of the molecule is CCOP(=O)(OCC)[C@H](c1cc(C(C)(C)C)c(O)c(C(C)(C)C)c1)[C@H](c1cc(C(C)(C)C)c(O)c(C(C)(C)C)c1)P(=O)(OCC)OCC. The second-order valence-electron chi connectivity index (χ2n) is 16.6. The van der Waals surface area contributed by atoms with Crippen LogP contribution in [0.1, 0.15) is 155 Å². The fraction of sp³-hybridized carbons (Fsp3) is 0.684. The van der Waals surface area contributed by atoms with Crippen molar-refractivity contribution in [1.82, 2.24) is 0 Å². The molecule has 10 heteroatoms. The van der Waals surface area contributed by atoms with Gasteiger partial charge in [-0.25, -0.2) is 0 Å². The maximum absolute atomic E-state index is 15.4. The van der Waals surface area contributed by atoms with Crippen molar-refractivity contribution in [2.45, 2.75) is 144 Å². The third kappa shape index (κ3) is 9.36. The summed E-state index contributed by atoms with van der Waals surface area (Å²) in [5, 5.41) is 23.4. The Labute approximate surface area is 291 Å². The summed E-state index contributed by atoms with van der Waals surface area (Å²) in [6.45, 7) is 31.3. The van der Waals surface area contributed by atoms with Crippen LogP contribution in [0.5, 0.6) is 11.5 Å². The van der Waals surface area contributed by atoms with Crippen molar-refractivity contribution in [2.75, 3.05) is 26.4 Å². The van der Waals surface area contributed by atoms with Crippen molar-refractivity contribution in [3.8, 4) is 11.5 Å². The average Bonchev–Trinajstić information content (AvgIpc) is 2.90. The van der Waals surface area contributed by atoms with Crippen molar-refractivity contribution in [2.24, 2.45) is 0 Å². The van der Waals surface area contributed by atoms with E-state index in [1.807, 2.05) is 107 Å². The van der Waals surface area contributed by atoms with Crippen LogP contribution >= 0.6 is 15.2 Å². The van der Waals surface area contributed by atoms with Crippen LogP contribution in [0.15, 0.2) is 24.3 Å². The monoisotopic (exact) mass is 710 g/mol. The molecular weight excluding hydrogens is 646 g/mol. The Hall–Kier alpha value is -1.66. The summed E-state index contributed by atoms with van der Waals surface area (Å²) in [7, 11) is -8.35. The van der Waals surface area contributed by atoms with Crippen LogP contribution in [0.3, 0.4) is 0 Å². The summed E-state index contributed by atoms with van der Waals surface area (Å²) in [5.41, 5.74) is -0.780. The second-order valence-corrected chi connectivity index (χ2v) is 20.9. The fourth-order valence-corrected chi connectivity index (χ4v) is 11.4.